The zero-order valence-electron chi connectivity index (χ0n) is 11.8. The van der Waals surface area contributed by atoms with Crippen LogP contribution >= 0.6 is 15.9 Å². The molecule has 0 amide bonds. The summed E-state index contributed by atoms with van der Waals surface area (Å²) in [6.45, 7) is 6.84. The Morgan fingerprint density at radius 2 is 2.20 bits per heavy atom. The predicted octanol–water partition coefficient (Wildman–Crippen LogP) is 2.66. The van der Waals surface area contributed by atoms with Crippen LogP contribution in [0.5, 0.6) is 5.75 Å². The van der Waals surface area contributed by atoms with Crippen molar-refractivity contribution in [2.45, 2.75) is 31.8 Å². The van der Waals surface area contributed by atoms with Gasteiger partial charge in [-0.15, -0.1) is 0 Å². The molecule has 2 fully saturated rings. The first-order chi connectivity index (χ1) is 9.79. The molecule has 4 heteroatoms. The Bertz CT molecular complexity index is 519. The van der Waals surface area contributed by atoms with Crippen molar-refractivity contribution in [3.63, 3.8) is 0 Å². The van der Waals surface area contributed by atoms with Crippen LogP contribution < -0.4 is 4.74 Å². The van der Waals surface area contributed by atoms with Gasteiger partial charge in [-0.3, -0.25) is 9.80 Å². The highest BCUT2D eigenvalue weighted by molar-refractivity contribution is 9.10. The van der Waals surface area contributed by atoms with Gasteiger partial charge < -0.3 is 4.74 Å². The van der Waals surface area contributed by atoms with Crippen LogP contribution in [0.15, 0.2) is 16.6 Å². The van der Waals surface area contributed by atoms with Crippen molar-refractivity contribution in [3.8, 4) is 5.75 Å². The van der Waals surface area contributed by atoms with Crippen molar-refractivity contribution in [3.05, 3.63) is 27.7 Å². The lowest BCUT2D eigenvalue weighted by atomic mass is 10.1. The molecule has 0 bridgehead atoms. The summed E-state index contributed by atoms with van der Waals surface area (Å²) in [5.74, 6) is 1.15. The Hall–Kier alpha value is -0.580. The van der Waals surface area contributed by atoms with Crippen molar-refractivity contribution in [1.29, 1.82) is 0 Å². The largest absolute Gasteiger partial charge is 0.493 e. The maximum absolute atomic E-state index is 5.85. The first-order valence-electron chi connectivity index (χ1n) is 7.70. The highest BCUT2D eigenvalue weighted by Crippen LogP contribution is 2.34. The molecule has 20 heavy (non-hydrogen) atoms. The third-order valence-electron chi connectivity index (χ3n) is 4.89. The summed E-state index contributed by atoms with van der Waals surface area (Å²) >= 11 is 3.64. The number of halogens is 1. The molecule has 0 saturated carbocycles. The van der Waals surface area contributed by atoms with E-state index in [1.807, 2.05) is 0 Å². The van der Waals surface area contributed by atoms with Crippen LogP contribution in [0.4, 0.5) is 0 Å². The van der Waals surface area contributed by atoms with Gasteiger partial charge in [0.25, 0.3) is 0 Å². The van der Waals surface area contributed by atoms with Crippen molar-refractivity contribution in [1.82, 2.24) is 9.80 Å². The van der Waals surface area contributed by atoms with E-state index < -0.39 is 0 Å². The van der Waals surface area contributed by atoms with Crippen LogP contribution in [0.1, 0.15) is 24.0 Å². The Morgan fingerprint density at radius 1 is 1.25 bits per heavy atom. The zero-order valence-corrected chi connectivity index (χ0v) is 13.4. The van der Waals surface area contributed by atoms with E-state index in [9.17, 15) is 0 Å². The Kier molecular flexibility index (Phi) is 3.49. The van der Waals surface area contributed by atoms with Crippen LogP contribution in [0.3, 0.4) is 0 Å². The van der Waals surface area contributed by atoms with E-state index in [4.69, 9.17) is 4.74 Å². The fraction of sp³-hybridized carbons (Fsp3) is 0.625. The van der Waals surface area contributed by atoms with E-state index in [0.717, 1.165) is 31.4 Å². The summed E-state index contributed by atoms with van der Waals surface area (Å²) in [6.07, 6.45) is 3.82. The zero-order chi connectivity index (χ0) is 13.5. The van der Waals surface area contributed by atoms with E-state index in [2.05, 4.69) is 37.9 Å². The van der Waals surface area contributed by atoms with Gasteiger partial charge in [0, 0.05) is 48.7 Å². The van der Waals surface area contributed by atoms with Crippen LogP contribution in [0.2, 0.25) is 0 Å². The minimum Gasteiger partial charge on any atom is -0.493 e. The van der Waals surface area contributed by atoms with Crippen molar-refractivity contribution in [2.24, 2.45) is 0 Å². The molecule has 1 aromatic carbocycles. The summed E-state index contributed by atoms with van der Waals surface area (Å²) in [4.78, 5) is 5.27. The molecule has 3 nitrogen and oxygen atoms in total. The summed E-state index contributed by atoms with van der Waals surface area (Å²) in [7, 11) is 0. The fourth-order valence-electron chi connectivity index (χ4n) is 3.90. The van der Waals surface area contributed by atoms with E-state index in [0.29, 0.717) is 0 Å². The molecule has 0 aromatic heterocycles. The van der Waals surface area contributed by atoms with Gasteiger partial charge in [-0.05, 0) is 37.1 Å². The molecule has 1 unspecified atom stereocenters. The summed E-state index contributed by atoms with van der Waals surface area (Å²) in [5, 5.41) is 0. The Labute approximate surface area is 129 Å². The highest BCUT2D eigenvalue weighted by Gasteiger charge is 2.31. The highest BCUT2D eigenvalue weighted by atomic mass is 79.9. The van der Waals surface area contributed by atoms with Gasteiger partial charge in [0.1, 0.15) is 5.75 Å². The topological polar surface area (TPSA) is 15.7 Å². The van der Waals surface area contributed by atoms with Crippen molar-refractivity contribution < 1.29 is 4.74 Å². The lowest BCUT2D eigenvalue weighted by molar-refractivity contribution is 0.0987. The molecule has 4 rings (SSSR count). The molecule has 3 heterocycles. The molecular formula is C16H21BrN2O. The van der Waals surface area contributed by atoms with E-state index in [1.165, 1.54) is 54.6 Å². The van der Waals surface area contributed by atoms with Crippen LogP contribution in [0, 0.1) is 0 Å². The van der Waals surface area contributed by atoms with Crippen molar-refractivity contribution in [2.75, 3.05) is 32.8 Å². The number of piperazine rings is 1. The molecule has 0 spiro atoms. The molecule has 2 saturated heterocycles. The molecule has 1 aromatic rings. The third-order valence-corrected chi connectivity index (χ3v) is 5.35. The molecule has 0 N–H and O–H groups in total. The second-order valence-electron chi connectivity index (χ2n) is 6.22. The monoisotopic (exact) mass is 336 g/mol. The molecular weight excluding hydrogens is 316 g/mol. The average molecular weight is 337 g/mol. The van der Waals surface area contributed by atoms with E-state index in [-0.39, 0.29) is 0 Å². The average Bonchev–Trinajstić information content (AvgIpc) is 3.05. The standard InChI is InChI=1S/C16H21BrN2O/c17-14-8-12-3-7-20-16(12)13(9-14)10-18-5-6-19-4-1-2-15(19)11-18/h8-9,15H,1-7,10-11H2. The van der Waals surface area contributed by atoms with Gasteiger partial charge in [-0.25, -0.2) is 0 Å². The van der Waals surface area contributed by atoms with Gasteiger partial charge in [0.2, 0.25) is 0 Å². The second kappa shape index (κ2) is 5.32. The number of rotatable bonds is 2. The molecule has 0 aliphatic carbocycles. The van der Waals surface area contributed by atoms with Gasteiger partial charge in [0.15, 0.2) is 0 Å². The number of hydrogen-bond acceptors (Lipinski definition) is 3. The Morgan fingerprint density at radius 3 is 3.15 bits per heavy atom. The van der Waals surface area contributed by atoms with Crippen LogP contribution in [0.25, 0.3) is 0 Å². The smallest absolute Gasteiger partial charge is 0.127 e. The maximum atomic E-state index is 5.85. The maximum Gasteiger partial charge on any atom is 0.127 e. The first kappa shape index (κ1) is 13.1. The normalized spacial score (nSPS) is 26.4. The van der Waals surface area contributed by atoms with Crippen LogP contribution in [-0.2, 0) is 13.0 Å². The quantitative estimate of drug-likeness (QED) is 0.825. The molecule has 0 radical (unpaired) electrons. The second-order valence-corrected chi connectivity index (χ2v) is 7.13. The third kappa shape index (κ3) is 2.38. The van der Waals surface area contributed by atoms with Gasteiger partial charge >= 0.3 is 0 Å². The van der Waals surface area contributed by atoms with E-state index in [1.54, 1.807) is 0 Å². The van der Waals surface area contributed by atoms with E-state index >= 15 is 0 Å². The fourth-order valence-corrected chi connectivity index (χ4v) is 4.46. The summed E-state index contributed by atoms with van der Waals surface area (Å²) in [5.41, 5.74) is 2.73. The minimum absolute atomic E-state index is 0.796. The number of ether oxygens (including phenoxy) is 1. The predicted molar refractivity (Wildman–Crippen MR) is 83.2 cm³/mol. The van der Waals surface area contributed by atoms with Crippen LogP contribution in [-0.4, -0.2) is 48.6 Å². The molecule has 1 atom stereocenters. The molecule has 3 aliphatic rings. The lowest BCUT2D eigenvalue weighted by Gasteiger charge is -2.37. The SMILES string of the molecule is Brc1cc2c(c(CN3CCN4CCCC4C3)c1)OCC2. The van der Waals surface area contributed by atoms with Gasteiger partial charge in [-0.2, -0.15) is 0 Å². The van der Waals surface area contributed by atoms with Gasteiger partial charge in [0.05, 0.1) is 6.61 Å². The lowest BCUT2D eigenvalue weighted by Crippen LogP contribution is -2.49. The van der Waals surface area contributed by atoms with Crippen molar-refractivity contribution >= 4 is 15.9 Å². The number of fused-ring (bicyclic) bond motifs is 2. The minimum atomic E-state index is 0.796. The first-order valence-corrected chi connectivity index (χ1v) is 8.49. The summed E-state index contributed by atoms with van der Waals surface area (Å²) < 4.78 is 7.05. The van der Waals surface area contributed by atoms with Gasteiger partial charge in [-0.1, -0.05) is 15.9 Å². The molecule has 108 valence electrons. The number of nitrogens with zero attached hydrogens (tertiary/aromatic N) is 2. The molecule has 3 aliphatic heterocycles. The number of benzene rings is 1. The number of hydrogen-bond donors (Lipinski definition) is 0. The Balaban J connectivity index is 1.52. The summed E-state index contributed by atoms with van der Waals surface area (Å²) in [6, 6.07) is 5.25.